The van der Waals surface area contributed by atoms with Crippen molar-refractivity contribution in [2.45, 2.75) is 46.7 Å². The van der Waals surface area contributed by atoms with E-state index in [1.807, 2.05) is 52.0 Å². The van der Waals surface area contributed by atoms with Crippen LogP contribution in [0.25, 0.3) is 0 Å². The minimum absolute atomic E-state index is 0.205. The monoisotopic (exact) mass is 599 g/mol. The Morgan fingerprint density at radius 3 is 2.12 bits per heavy atom. The maximum absolute atomic E-state index is 13.6. The van der Waals surface area contributed by atoms with Gasteiger partial charge in [0, 0.05) is 16.7 Å². The van der Waals surface area contributed by atoms with Gasteiger partial charge in [0.15, 0.2) is 0 Å². The van der Waals surface area contributed by atoms with Gasteiger partial charge in [-0.15, -0.1) is 0 Å². The number of carbonyl (C=O) groups excluding carboxylic acids is 2. The summed E-state index contributed by atoms with van der Waals surface area (Å²) in [4.78, 5) is 28.1. The number of hydrogen-bond donors (Lipinski definition) is 1. The van der Waals surface area contributed by atoms with Gasteiger partial charge in [0.25, 0.3) is 0 Å². The molecule has 2 rings (SSSR count). The molecule has 0 aliphatic heterocycles. The topological polar surface area (TPSA) is 86.8 Å². The van der Waals surface area contributed by atoms with E-state index in [-0.39, 0.29) is 24.9 Å². The zero-order valence-corrected chi connectivity index (χ0v) is 23.4. The third kappa shape index (κ3) is 8.26. The van der Waals surface area contributed by atoms with Crippen molar-refractivity contribution in [1.29, 1.82) is 0 Å². The van der Waals surface area contributed by atoms with E-state index in [2.05, 4.69) is 27.9 Å². The number of halogens is 1. The molecule has 1 unspecified atom stereocenters. The SMILES string of the molecule is CCC(C(=O)NCC(C)C)N(Cc1ccc(C)cc1)C(=O)CN(c1ccc(I)cc1)S(C)(=O)=O. The third-order valence-electron chi connectivity index (χ3n) is 5.34. The van der Waals surface area contributed by atoms with Gasteiger partial charge in [-0.25, -0.2) is 8.42 Å². The molecule has 0 aromatic heterocycles. The quantitative estimate of drug-likeness (QED) is 0.397. The minimum Gasteiger partial charge on any atom is -0.354 e. The molecule has 0 spiro atoms. The highest BCUT2D eigenvalue weighted by molar-refractivity contribution is 14.1. The van der Waals surface area contributed by atoms with E-state index in [0.717, 1.165) is 25.3 Å². The molecule has 2 aromatic rings. The number of benzene rings is 2. The molecule has 0 aliphatic carbocycles. The van der Waals surface area contributed by atoms with Crippen LogP contribution in [0.2, 0.25) is 0 Å². The van der Waals surface area contributed by atoms with Crippen LogP contribution in [0.5, 0.6) is 0 Å². The molecule has 2 amide bonds. The Morgan fingerprint density at radius 1 is 1.03 bits per heavy atom. The number of rotatable bonds is 11. The molecule has 0 aliphatic rings. The van der Waals surface area contributed by atoms with Crippen molar-refractivity contribution in [3.05, 3.63) is 63.2 Å². The van der Waals surface area contributed by atoms with Gasteiger partial charge in [-0.3, -0.25) is 13.9 Å². The summed E-state index contributed by atoms with van der Waals surface area (Å²) in [6.45, 7) is 8.15. The van der Waals surface area contributed by atoms with E-state index in [9.17, 15) is 18.0 Å². The smallest absolute Gasteiger partial charge is 0.244 e. The molecule has 0 bridgehead atoms. The second kappa shape index (κ2) is 12.5. The number of amides is 2. The van der Waals surface area contributed by atoms with E-state index in [4.69, 9.17) is 0 Å². The Bertz CT molecular complexity index is 1070. The van der Waals surface area contributed by atoms with Gasteiger partial charge in [0.2, 0.25) is 21.8 Å². The molecule has 186 valence electrons. The summed E-state index contributed by atoms with van der Waals surface area (Å²) in [6.07, 6.45) is 1.49. The fraction of sp³-hybridized carbons (Fsp3) is 0.440. The van der Waals surface area contributed by atoms with Crippen molar-refractivity contribution >= 4 is 50.1 Å². The van der Waals surface area contributed by atoms with Crippen LogP contribution in [0.15, 0.2) is 48.5 Å². The summed E-state index contributed by atoms with van der Waals surface area (Å²) in [5, 5.41) is 2.92. The van der Waals surface area contributed by atoms with Gasteiger partial charge < -0.3 is 10.2 Å². The van der Waals surface area contributed by atoms with Crippen LogP contribution in [0.3, 0.4) is 0 Å². The number of hydrogen-bond acceptors (Lipinski definition) is 4. The molecular formula is C25H34IN3O4S. The molecule has 2 aromatic carbocycles. The summed E-state index contributed by atoms with van der Waals surface area (Å²) in [5.41, 5.74) is 2.36. The van der Waals surface area contributed by atoms with Crippen LogP contribution in [0.4, 0.5) is 5.69 Å². The van der Waals surface area contributed by atoms with Crippen molar-refractivity contribution < 1.29 is 18.0 Å². The van der Waals surface area contributed by atoms with E-state index in [0.29, 0.717) is 18.7 Å². The Balaban J connectivity index is 2.39. The van der Waals surface area contributed by atoms with Gasteiger partial charge >= 0.3 is 0 Å². The van der Waals surface area contributed by atoms with Crippen molar-refractivity contribution in [2.24, 2.45) is 5.92 Å². The third-order valence-corrected chi connectivity index (χ3v) is 7.20. The summed E-state index contributed by atoms with van der Waals surface area (Å²) >= 11 is 2.14. The lowest BCUT2D eigenvalue weighted by molar-refractivity contribution is -0.140. The normalized spacial score (nSPS) is 12.3. The van der Waals surface area contributed by atoms with Crippen LogP contribution in [0.1, 0.15) is 38.3 Å². The summed E-state index contributed by atoms with van der Waals surface area (Å²) < 4.78 is 27.2. The predicted molar refractivity (Wildman–Crippen MR) is 145 cm³/mol. The molecular weight excluding hydrogens is 565 g/mol. The second-order valence-corrected chi connectivity index (χ2v) is 12.0. The van der Waals surface area contributed by atoms with Crippen LogP contribution in [0, 0.1) is 16.4 Å². The van der Waals surface area contributed by atoms with Crippen molar-refractivity contribution in [2.75, 3.05) is 23.7 Å². The molecule has 1 atom stereocenters. The maximum Gasteiger partial charge on any atom is 0.244 e. The van der Waals surface area contributed by atoms with Crippen molar-refractivity contribution in [3.63, 3.8) is 0 Å². The lowest BCUT2D eigenvalue weighted by atomic mass is 10.1. The van der Waals surface area contributed by atoms with E-state index < -0.39 is 22.0 Å². The van der Waals surface area contributed by atoms with E-state index in [1.165, 1.54) is 4.90 Å². The highest BCUT2D eigenvalue weighted by Crippen LogP contribution is 2.21. The number of carbonyl (C=O) groups is 2. The number of anilines is 1. The lowest BCUT2D eigenvalue weighted by Gasteiger charge is -2.33. The van der Waals surface area contributed by atoms with Gasteiger partial charge in [-0.2, -0.15) is 0 Å². The average molecular weight is 600 g/mol. The molecule has 7 nitrogen and oxygen atoms in total. The van der Waals surface area contributed by atoms with E-state index >= 15 is 0 Å². The van der Waals surface area contributed by atoms with Crippen LogP contribution >= 0.6 is 22.6 Å². The zero-order valence-electron chi connectivity index (χ0n) is 20.4. The standard InChI is InChI=1S/C25H34IN3O4S/c1-6-23(25(31)27-15-18(2)3)28(16-20-9-7-19(4)8-10-20)24(30)17-29(34(5,32)33)22-13-11-21(26)12-14-22/h7-14,18,23H,6,15-17H2,1-5H3,(H,27,31). The first-order valence-electron chi connectivity index (χ1n) is 11.3. The zero-order chi connectivity index (χ0) is 25.5. The average Bonchev–Trinajstić information content (AvgIpc) is 2.77. The highest BCUT2D eigenvalue weighted by Gasteiger charge is 2.31. The molecule has 9 heteroatoms. The Kier molecular flexibility index (Phi) is 10.4. The van der Waals surface area contributed by atoms with Crippen LogP contribution < -0.4 is 9.62 Å². The summed E-state index contributed by atoms with van der Waals surface area (Å²) in [5.74, 6) is -0.405. The van der Waals surface area contributed by atoms with Gasteiger partial charge in [0.05, 0.1) is 11.9 Å². The number of sulfonamides is 1. The number of nitrogens with zero attached hydrogens (tertiary/aromatic N) is 2. The summed E-state index contributed by atoms with van der Waals surface area (Å²) in [7, 11) is -3.73. The Morgan fingerprint density at radius 2 is 1.62 bits per heavy atom. The second-order valence-electron chi connectivity index (χ2n) is 8.82. The van der Waals surface area contributed by atoms with E-state index in [1.54, 1.807) is 24.3 Å². The Hall–Kier alpha value is -2.14. The van der Waals surface area contributed by atoms with Gasteiger partial charge in [-0.1, -0.05) is 50.6 Å². The Labute approximate surface area is 217 Å². The fourth-order valence-electron chi connectivity index (χ4n) is 3.45. The van der Waals surface area contributed by atoms with Crippen LogP contribution in [-0.2, 0) is 26.2 Å². The number of nitrogens with one attached hydrogen (secondary N) is 1. The highest BCUT2D eigenvalue weighted by atomic mass is 127. The largest absolute Gasteiger partial charge is 0.354 e. The van der Waals surface area contributed by atoms with Crippen molar-refractivity contribution in [3.8, 4) is 0 Å². The molecule has 0 heterocycles. The van der Waals surface area contributed by atoms with Gasteiger partial charge in [-0.05, 0) is 71.7 Å². The molecule has 1 N–H and O–H groups in total. The lowest BCUT2D eigenvalue weighted by Crippen LogP contribution is -2.52. The molecule has 0 radical (unpaired) electrons. The summed E-state index contributed by atoms with van der Waals surface area (Å²) in [6, 6.07) is 13.9. The fourth-order valence-corrected chi connectivity index (χ4v) is 4.66. The van der Waals surface area contributed by atoms with Crippen LogP contribution in [-0.4, -0.2) is 50.5 Å². The molecule has 0 saturated heterocycles. The maximum atomic E-state index is 13.6. The molecule has 0 fully saturated rings. The van der Waals surface area contributed by atoms with Crippen molar-refractivity contribution in [1.82, 2.24) is 10.2 Å². The minimum atomic E-state index is -3.73. The predicted octanol–water partition coefficient (Wildman–Crippen LogP) is 3.95. The van der Waals surface area contributed by atoms with Gasteiger partial charge in [0.1, 0.15) is 12.6 Å². The molecule has 0 saturated carbocycles. The first kappa shape index (κ1) is 28.1. The first-order chi connectivity index (χ1) is 15.9. The number of aryl methyl sites for hydroxylation is 1. The molecule has 34 heavy (non-hydrogen) atoms. The first-order valence-corrected chi connectivity index (χ1v) is 14.2.